The summed E-state index contributed by atoms with van der Waals surface area (Å²) in [6.07, 6.45) is 1.65. The Morgan fingerprint density at radius 2 is 1.57 bits per heavy atom. The molecule has 0 saturated carbocycles. The van der Waals surface area contributed by atoms with Crippen LogP contribution in [0.5, 0.6) is 11.5 Å². The number of carbonyl (C=O) groups excluding carboxylic acids is 1. The van der Waals surface area contributed by atoms with Gasteiger partial charge in [0, 0.05) is 23.7 Å². The Hall–Kier alpha value is -3.86. The Kier molecular flexibility index (Phi) is 5.35. The standard InChI is InChI=1S/C25H21NO4/c1-29-22-13-12-18(14-23(22)30-2)24(27)20-16-26(15-17-8-4-3-5-9-17)21-11-7-6-10-19(21)25(20)28/h3-14,16H,15H2,1-2H3. The summed E-state index contributed by atoms with van der Waals surface area (Å²) >= 11 is 0. The molecule has 30 heavy (non-hydrogen) atoms. The second-order valence-electron chi connectivity index (χ2n) is 6.90. The first-order chi connectivity index (χ1) is 14.6. The Morgan fingerprint density at radius 3 is 2.30 bits per heavy atom. The van der Waals surface area contributed by atoms with E-state index >= 15 is 0 Å². The Labute approximate surface area is 174 Å². The zero-order valence-electron chi connectivity index (χ0n) is 16.8. The molecule has 0 saturated heterocycles. The number of pyridine rings is 1. The van der Waals surface area contributed by atoms with Gasteiger partial charge in [-0.2, -0.15) is 0 Å². The fourth-order valence-electron chi connectivity index (χ4n) is 3.55. The summed E-state index contributed by atoms with van der Waals surface area (Å²) in [5.74, 6) is 0.608. The molecule has 0 atom stereocenters. The van der Waals surface area contributed by atoms with Gasteiger partial charge in [-0.1, -0.05) is 42.5 Å². The molecule has 0 N–H and O–H groups in total. The van der Waals surface area contributed by atoms with Crippen LogP contribution < -0.4 is 14.9 Å². The van der Waals surface area contributed by atoms with Gasteiger partial charge in [-0.05, 0) is 35.9 Å². The van der Waals surface area contributed by atoms with Gasteiger partial charge in [0.2, 0.25) is 5.43 Å². The van der Waals surface area contributed by atoms with Gasteiger partial charge in [-0.3, -0.25) is 9.59 Å². The number of ether oxygens (including phenoxy) is 2. The minimum absolute atomic E-state index is 0.122. The number of para-hydroxylation sites is 1. The lowest BCUT2D eigenvalue weighted by Crippen LogP contribution is -2.20. The SMILES string of the molecule is COc1ccc(C(=O)c2cn(Cc3ccccc3)c3ccccc3c2=O)cc1OC. The van der Waals surface area contributed by atoms with Crippen LogP contribution in [0.2, 0.25) is 0 Å². The van der Waals surface area contributed by atoms with Crippen molar-refractivity contribution < 1.29 is 14.3 Å². The zero-order valence-corrected chi connectivity index (χ0v) is 16.8. The van der Waals surface area contributed by atoms with Gasteiger partial charge < -0.3 is 14.0 Å². The highest BCUT2D eigenvalue weighted by Crippen LogP contribution is 2.28. The van der Waals surface area contributed by atoms with Gasteiger partial charge in [0.1, 0.15) is 0 Å². The van der Waals surface area contributed by atoms with E-state index < -0.39 is 0 Å². The first-order valence-corrected chi connectivity index (χ1v) is 9.55. The average molecular weight is 399 g/mol. The van der Waals surface area contributed by atoms with Crippen molar-refractivity contribution in [2.45, 2.75) is 6.54 Å². The summed E-state index contributed by atoms with van der Waals surface area (Å²) in [7, 11) is 3.04. The van der Waals surface area contributed by atoms with Crippen LogP contribution >= 0.6 is 0 Å². The molecule has 1 heterocycles. The largest absolute Gasteiger partial charge is 0.493 e. The van der Waals surface area contributed by atoms with Gasteiger partial charge in [-0.15, -0.1) is 0 Å². The van der Waals surface area contributed by atoms with Crippen LogP contribution in [-0.2, 0) is 6.54 Å². The third-order valence-corrected chi connectivity index (χ3v) is 5.07. The van der Waals surface area contributed by atoms with Gasteiger partial charge in [0.25, 0.3) is 0 Å². The minimum Gasteiger partial charge on any atom is -0.493 e. The molecule has 5 heteroatoms. The summed E-state index contributed by atoms with van der Waals surface area (Å²) in [5.41, 5.74) is 2.07. The number of fused-ring (bicyclic) bond motifs is 1. The third-order valence-electron chi connectivity index (χ3n) is 5.07. The van der Waals surface area contributed by atoms with Crippen LogP contribution in [0, 0.1) is 0 Å². The molecule has 0 unspecified atom stereocenters. The van der Waals surface area contributed by atoms with E-state index in [1.165, 1.54) is 14.2 Å². The summed E-state index contributed by atoms with van der Waals surface area (Å²) in [6.45, 7) is 0.549. The van der Waals surface area contributed by atoms with E-state index in [0.717, 1.165) is 11.1 Å². The Balaban J connectivity index is 1.86. The molecule has 0 spiro atoms. The van der Waals surface area contributed by atoms with E-state index in [2.05, 4.69) is 0 Å². The number of hydrogen-bond acceptors (Lipinski definition) is 4. The number of hydrogen-bond donors (Lipinski definition) is 0. The molecule has 150 valence electrons. The average Bonchev–Trinajstić information content (AvgIpc) is 2.80. The molecule has 0 bridgehead atoms. The number of ketones is 1. The third kappa shape index (κ3) is 3.57. The summed E-state index contributed by atoms with van der Waals surface area (Å²) < 4.78 is 12.5. The van der Waals surface area contributed by atoms with E-state index in [-0.39, 0.29) is 16.8 Å². The molecule has 1 aromatic heterocycles. The smallest absolute Gasteiger partial charge is 0.200 e. The van der Waals surface area contributed by atoms with E-state index in [0.29, 0.717) is 29.0 Å². The molecule has 0 amide bonds. The molecule has 0 radical (unpaired) electrons. The molecule has 0 aliphatic heterocycles. The van der Waals surface area contributed by atoms with Crippen molar-refractivity contribution in [2.75, 3.05) is 14.2 Å². The molecular weight excluding hydrogens is 378 g/mol. The normalized spacial score (nSPS) is 10.7. The molecule has 0 aliphatic carbocycles. The van der Waals surface area contributed by atoms with Crippen molar-refractivity contribution in [2.24, 2.45) is 0 Å². The number of rotatable bonds is 6. The monoisotopic (exact) mass is 399 g/mol. The highest BCUT2D eigenvalue weighted by atomic mass is 16.5. The maximum absolute atomic E-state index is 13.3. The highest BCUT2D eigenvalue weighted by Gasteiger charge is 2.19. The van der Waals surface area contributed by atoms with Crippen LogP contribution in [0.25, 0.3) is 10.9 Å². The lowest BCUT2D eigenvalue weighted by atomic mass is 10.0. The summed E-state index contributed by atoms with van der Waals surface area (Å²) in [6, 6.07) is 22.2. The lowest BCUT2D eigenvalue weighted by molar-refractivity contribution is 0.103. The van der Waals surface area contributed by atoms with Gasteiger partial charge in [-0.25, -0.2) is 0 Å². The minimum atomic E-state index is -0.353. The predicted molar refractivity (Wildman–Crippen MR) is 117 cm³/mol. The van der Waals surface area contributed by atoms with E-state index in [1.807, 2.05) is 47.0 Å². The molecule has 0 aliphatic rings. The molecule has 0 fully saturated rings. The van der Waals surface area contributed by atoms with Crippen LogP contribution in [0.4, 0.5) is 0 Å². The highest BCUT2D eigenvalue weighted by molar-refractivity contribution is 6.10. The molecule has 4 rings (SSSR count). The first-order valence-electron chi connectivity index (χ1n) is 9.55. The van der Waals surface area contributed by atoms with E-state index in [9.17, 15) is 9.59 Å². The van der Waals surface area contributed by atoms with Crippen LogP contribution in [0.3, 0.4) is 0 Å². The second kappa shape index (κ2) is 8.25. The second-order valence-corrected chi connectivity index (χ2v) is 6.90. The van der Waals surface area contributed by atoms with Crippen molar-refractivity contribution in [3.05, 3.63) is 106 Å². The lowest BCUT2D eigenvalue weighted by Gasteiger charge is -2.14. The van der Waals surface area contributed by atoms with E-state index in [4.69, 9.17) is 9.47 Å². The molecular formula is C25H21NO4. The number of carbonyl (C=O) groups is 1. The van der Waals surface area contributed by atoms with Crippen molar-refractivity contribution in [1.82, 2.24) is 4.57 Å². The molecule has 5 nitrogen and oxygen atoms in total. The predicted octanol–water partition coefficient (Wildman–Crippen LogP) is 4.30. The van der Waals surface area contributed by atoms with Crippen LogP contribution in [0.1, 0.15) is 21.5 Å². The first kappa shape index (κ1) is 19.5. The zero-order chi connectivity index (χ0) is 21.1. The Bertz CT molecular complexity index is 1280. The quantitative estimate of drug-likeness (QED) is 0.454. The molecule has 3 aromatic carbocycles. The number of benzene rings is 3. The van der Waals surface area contributed by atoms with Crippen molar-refractivity contribution in [1.29, 1.82) is 0 Å². The fraction of sp³-hybridized carbons (Fsp3) is 0.120. The number of nitrogens with zero attached hydrogens (tertiary/aromatic N) is 1. The fourth-order valence-corrected chi connectivity index (χ4v) is 3.55. The van der Waals surface area contributed by atoms with Crippen molar-refractivity contribution >= 4 is 16.7 Å². The van der Waals surface area contributed by atoms with Gasteiger partial charge in [0.05, 0.1) is 25.3 Å². The summed E-state index contributed by atoms with van der Waals surface area (Å²) in [5, 5.41) is 0.514. The Morgan fingerprint density at radius 1 is 0.867 bits per heavy atom. The van der Waals surface area contributed by atoms with Gasteiger partial charge in [0.15, 0.2) is 17.3 Å². The maximum Gasteiger partial charge on any atom is 0.200 e. The van der Waals surface area contributed by atoms with E-state index in [1.54, 1.807) is 36.5 Å². The maximum atomic E-state index is 13.3. The number of methoxy groups -OCH3 is 2. The van der Waals surface area contributed by atoms with Gasteiger partial charge >= 0.3 is 0 Å². The van der Waals surface area contributed by atoms with Crippen LogP contribution in [0.15, 0.2) is 83.8 Å². The van der Waals surface area contributed by atoms with Crippen molar-refractivity contribution in [3.8, 4) is 11.5 Å². The summed E-state index contributed by atoms with van der Waals surface area (Å²) in [4.78, 5) is 26.4. The van der Waals surface area contributed by atoms with Crippen LogP contribution in [-0.4, -0.2) is 24.6 Å². The molecule has 4 aromatic rings. The van der Waals surface area contributed by atoms with Crippen molar-refractivity contribution in [3.63, 3.8) is 0 Å². The topological polar surface area (TPSA) is 57.5 Å². The number of aromatic nitrogens is 1.